The normalized spacial score (nSPS) is 19.7. The lowest BCUT2D eigenvalue weighted by Gasteiger charge is -2.44. The molecule has 2 amide bonds. The lowest BCUT2D eigenvalue weighted by molar-refractivity contribution is -0.0990. The summed E-state index contributed by atoms with van der Waals surface area (Å²) in [4.78, 5) is 27.6. The Morgan fingerprint density at radius 1 is 1.16 bits per heavy atom. The highest BCUT2D eigenvalue weighted by atomic mass is 16.5. The maximum Gasteiger partial charge on any atom is 0.272 e. The van der Waals surface area contributed by atoms with Crippen LogP contribution in [-0.2, 0) is 24.8 Å². The molecule has 1 spiro atoms. The Labute approximate surface area is 189 Å². The Balaban J connectivity index is 1.26. The Morgan fingerprint density at radius 3 is 2.50 bits per heavy atom. The molecule has 3 aliphatic rings. The van der Waals surface area contributed by atoms with Gasteiger partial charge >= 0.3 is 0 Å². The highest BCUT2D eigenvalue weighted by Gasteiger charge is 2.42. The fourth-order valence-electron chi connectivity index (χ4n) is 5.10. The van der Waals surface area contributed by atoms with Gasteiger partial charge in [-0.25, -0.2) is 0 Å². The number of hydrogen-bond donors (Lipinski definition) is 1. The van der Waals surface area contributed by atoms with E-state index in [-0.39, 0.29) is 17.4 Å². The molecule has 170 valence electrons. The summed E-state index contributed by atoms with van der Waals surface area (Å²) in [5, 5.41) is 7.55. The summed E-state index contributed by atoms with van der Waals surface area (Å²) in [5.41, 5.74) is 5.19. The van der Waals surface area contributed by atoms with E-state index in [0.717, 1.165) is 53.8 Å². The number of fused-ring (bicyclic) bond motifs is 1. The van der Waals surface area contributed by atoms with Crippen molar-refractivity contribution in [1.29, 1.82) is 0 Å². The van der Waals surface area contributed by atoms with Gasteiger partial charge in [-0.15, -0.1) is 0 Å². The number of aromatic nitrogens is 2. The molecule has 1 saturated heterocycles. The molecule has 5 rings (SSSR count). The minimum absolute atomic E-state index is 0.0952. The Bertz CT molecular complexity index is 1040. The third-order valence-electron chi connectivity index (χ3n) is 7.18. The molecular formula is C25H32N4O3. The van der Waals surface area contributed by atoms with Gasteiger partial charge in [0.05, 0.1) is 12.2 Å². The number of piperidine rings is 1. The van der Waals surface area contributed by atoms with Crippen molar-refractivity contribution in [1.82, 2.24) is 20.0 Å². The van der Waals surface area contributed by atoms with Crippen molar-refractivity contribution in [3.05, 3.63) is 51.8 Å². The summed E-state index contributed by atoms with van der Waals surface area (Å²) < 4.78 is 8.22. The Hall–Kier alpha value is -2.67. The number of ether oxygens (including phenoxy) is 1. The van der Waals surface area contributed by atoms with Gasteiger partial charge in [0.15, 0.2) is 5.69 Å². The molecular weight excluding hydrogens is 404 g/mol. The molecule has 3 heterocycles. The highest BCUT2D eigenvalue weighted by Crippen LogP contribution is 2.37. The predicted molar refractivity (Wildman–Crippen MR) is 121 cm³/mol. The van der Waals surface area contributed by atoms with Gasteiger partial charge in [-0.3, -0.25) is 14.3 Å². The van der Waals surface area contributed by atoms with Gasteiger partial charge in [0.2, 0.25) is 0 Å². The zero-order valence-corrected chi connectivity index (χ0v) is 19.2. The van der Waals surface area contributed by atoms with Gasteiger partial charge in [-0.2, -0.15) is 5.10 Å². The van der Waals surface area contributed by atoms with Crippen LogP contribution in [0.15, 0.2) is 18.2 Å². The van der Waals surface area contributed by atoms with Crippen molar-refractivity contribution in [2.45, 2.75) is 58.2 Å². The summed E-state index contributed by atoms with van der Waals surface area (Å²) in [6.07, 6.45) is 4.71. The summed E-state index contributed by atoms with van der Waals surface area (Å²) in [6.45, 7) is 6.54. The summed E-state index contributed by atoms with van der Waals surface area (Å²) >= 11 is 0. The first-order chi connectivity index (χ1) is 15.3. The Morgan fingerprint density at radius 2 is 1.84 bits per heavy atom. The van der Waals surface area contributed by atoms with Crippen molar-refractivity contribution in [2.24, 2.45) is 13.0 Å². The molecule has 2 fully saturated rings. The topological polar surface area (TPSA) is 76.5 Å². The average molecular weight is 437 g/mol. The second kappa shape index (κ2) is 8.03. The first-order valence-electron chi connectivity index (χ1n) is 11.7. The van der Waals surface area contributed by atoms with Crippen LogP contribution >= 0.6 is 0 Å². The number of nitrogens with zero attached hydrogens (tertiary/aromatic N) is 3. The molecule has 0 radical (unpaired) electrons. The van der Waals surface area contributed by atoms with E-state index < -0.39 is 0 Å². The fourth-order valence-corrected chi connectivity index (χ4v) is 5.10. The maximum absolute atomic E-state index is 13.0. The number of rotatable bonds is 4. The molecule has 1 aromatic heterocycles. The monoisotopic (exact) mass is 436 g/mol. The molecule has 0 bridgehead atoms. The van der Waals surface area contributed by atoms with Crippen LogP contribution in [0.25, 0.3) is 0 Å². The van der Waals surface area contributed by atoms with E-state index in [2.05, 4.69) is 16.5 Å². The number of amides is 2. The smallest absolute Gasteiger partial charge is 0.272 e. The van der Waals surface area contributed by atoms with E-state index in [1.54, 1.807) is 0 Å². The van der Waals surface area contributed by atoms with E-state index in [4.69, 9.17) is 4.74 Å². The van der Waals surface area contributed by atoms with E-state index in [1.165, 1.54) is 12.8 Å². The zero-order valence-electron chi connectivity index (χ0n) is 19.2. The molecule has 0 atom stereocenters. The molecule has 2 aromatic rings. The highest BCUT2D eigenvalue weighted by molar-refractivity contribution is 5.95. The number of nitrogens with one attached hydrogen (secondary N) is 1. The van der Waals surface area contributed by atoms with Crippen molar-refractivity contribution in [3.8, 4) is 0 Å². The largest absolute Gasteiger partial charge is 0.370 e. The standard InChI is InChI=1S/C25H32N4O3/c1-16-10-17(2)12-19(11-16)24(31)29-8-6-25(7-9-29)13-21-20(15-32-25)22(27-28(21)3)23(30)26-14-18-4-5-18/h10-12,18H,4-9,13-15H2,1-3H3,(H,26,30). The molecule has 1 aromatic carbocycles. The van der Waals surface area contributed by atoms with Gasteiger partial charge in [0, 0.05) is 49.9 Å². The van der Waals surface area contributed by atoms with E-state index in [9.17, 15) is 9.59 Å². The number of aryl methyl sites for hydroxylation is 3. The molecule has 7 nitrogen and oxygen atoms in total. The number of likely N-dealkylation sites (tertiary alicyclic amines) is 1. The lowest BCUT2D eigenvalue weighted by atomic mass is 9.83. The van der Waals surface area contributed by atoms with Crippen molar-refractivity contribution in [2.75, 3.05) is 19.6 Å². The van der Waals surface area contributed by atoms with Crippen LogP contribution in [0.1, 0.15) is 68.9 Å². The first-order valence-corrected chi connectivity index (χ1v) is 11.7. The SMILES string of the molecule is Cc1cc(C)cc(C(=O)N2CCC3(CC2)Cc2c(c(C(=O)NCC4CC4)nn2C)CO3)c1. The van der Waals surface area contributed by atoms with Gasteiger partial charge < -0.3 is 15.0 Å². The Kier molecular flexibility index (Phi) is 5.32. The van der Waals surface area contributed by atoms with Crippen LogP contribution in [0.4, 0.5) is 0 Å². The minimum Gasteiger partial charge on any atom is -0.370 e. The second-order valence-electron chi connectivity index (χ2n) is 9.87. The van der Waals surface area contributed by atoms with Gasteiger partial charge in [0.25, 0.3) is 11.8 Å². The van der Waals surface area contributed by atoms with Gasteiger partial charge in [-0.05, 0) is 57.6 Å². The molecule has 2 aliphatic heterocycles. The van der Waals surface area contributed by atoms with Crippen molar-refractivity contribution >= 4 is 11.8 Å². The predicted octanol–water partition coefficient (Wildman–Crippen LogP) is 2.92. The van der Waals surface area contributed by atoms with Crippen LogP contribution in [0.3, 0.4) is 0 Å². The van der Waals surface area contributed by atoms with E-state index >= 15 is 0 Å². The van der Waals surface area contributed by atoms with E-state index in [0.29, 0.717) is 31.3 Å². The molecule has 32 heavy (non-hydrogen) atoms. The summed E-state index contributed by atoms with van der Waals surface area (Å²) in [7, 11) is 1.91. The van der Waals surface area contributed by atoms with Crippen LogP contribution in [0, 0.1) is 19.8 Å². The lowest BCUT2D eigenvalue weighted by Crippen LogP contribution is -2.50. The molecule has 1 N–H and O–H groups in total. The van der Waals surface area contributed by atoms with Gasteiger partial charge in [0.1, 0.15) is 0 Å². The number of carbonyl (C=O) groups is 2. The minimum atomic E-state index is -0.290. The number of carbonyl (C=O) groups excluding carboxylic acids is 2. The van der Waals surface area contributed by atoms with Crippen LogP contribution < -0.4 is 5.32 Å². The molecule has 1 saturated carbocycles. The second-order valence-corrected chi connectivity index (χ2v) is 9.87. The zero-order chi connectivity index (χ0) is 22.5. The average Bonchev–Trinajstić information content (AvgIpc) is 3.54. The fraction of sp³-hybridized carbons (Fsp3) is 0.560. The molecule has 1 aliphatic carbocycles. The van der Waals surface area contributed by atoms with Crippen molar-refractivity contribution in [3.63, 3.8) is 0 Å². The van der Waals surface area contributed by atoms with Crippen LogP contribution in [0.2, 0.25) is 0 Å². The third kappa shape index (κ3) is 4.06. The first kappa shape index (κ1) is 21.2. The molecule has 0 unspecified atom stereocenters. The summed E-state index contributed by atoms with van der Waals surface area (Å²) in [5.74, 6) is 0.634. The quantitative estimate of drug-likeness (QED) is 0.800. The third-order valence-corrected chi connectivity index (χ3v) is 7.18. The van der Waals surface area contributed by atoms with Crippen LogP contribution in [-0.4, -0.2) is 51.7 Å². The number of benzene rings is 1. The molecule has 7 heteroatoms. The summed E-state index contributed by atoms with van der Waals surface area (Å²) in [6, 6.07) is 6.02. The number of hydrogen-bond acceptors (Lipinski definition) is 4. The van der Waals surface area contributed by atoms with E-state index in [1.807, 2.05) is 42.6 Å². The van der Waals surface area contributed by atoms with Crippen LogP contribution in [0.5, 0.6) is 0 Å². The maximum atomic E-state index is 13.0. The van der Waals surface area contributed by atoms with Crippen molar-refractivity contribution < 1.29 is 14.3 Å². The van der Waals surface area contributed by atoms with Gasteiger partial charge in [-0.1, -0.05) is 17.2 Å².